The molecule has 19 heavy (non-hydrogen) atoms. The summed E-state index contributed by atoms with van der Waals surface area (Å²) in [7, 11) is 2.11. The van der Waals surface area contributed by atoms with Crippen LogP contribution in [0.2, 0.25) is 0 Å². The van der Waals surface area contributed by atoms with E-state index < -0.39 is 0 Å². The zero-order chi connectivity index (χ0) is 13.8. The van der Waals surface area contributed by atoms with Crippen LogP contribution in [-0.2, 0) is 17.9 Å². The second kappa shape index (κ2) is 6.12. The van der Waals surface area contributed by atoms with Gasteiger partial charge in [0.15, 0.2) is 0 Å². The van der Waals surface area contributed by atoms with E-state index in [9.17, 15) is 4.79 Å². The Morgan fingerprint density at radius 1 is 1.63 bits per heavy atom. The molecule has 2 heterocycles. The van der Waals surface area contributed by atoms with Gasteiger partial charge in [0.25, 0.3) is 0 Å². The molecule has 0 spiro atoms. The third-order valence-electron chi connectivity index (χ3n) is 3.56. The van der Waals surface area contributed by atoms with Gasteiger partial charge in [-0.25, -0.2) is 4.68 Å². The number of nitrogens with two attached hydrogens (primary N) is 1. The minimum atomic E-state index is -0.0186. The molecule has 3 N–H and O–H groups in total. The van der Waals surface area contributed by atoms with Crippen molar-refractivity contribution in [1.82, 2.24) is 25.2 Å². The summed E-state index contributed by atoms with van der Waals surface area (Å²) in [5.41, 5.74) is 6.15. The highest BCUT2D eigenvalue weighted by Crippen LogP contribution is 2.15. The van der Waals surface area contributed by atoms with Crippen molar-refractivity contribution in [3.05, 3.63) is 11.9 Å². The number of carbonyl (C=O) groups excluding carboxylic acids is 1. The van der Waals surface area contributed by atoms with Crippen molar-refractivity contribution in [2.75, 3.05) is 20.1 Å². The van der Waals surface area contributed by atoms with Crippen LogP contribution in [-0.4, -0.2) is 52.0 Å². The average molecular weight is 266 g/mol. The monoisotopic (exact) mass is 266 g/mol. The van der Waals surface area contributed by atoms with Gasteiger partial charge < -0.3 is 16.0 Å². The molecule has 2 rings (SSSR count). The molecule has 0 radical (unpaired) electrons. The number of rotatable bonds is 4. The van der Waals surface area contributed by atoms with Gasteiger partial charge in [-0.1, -0.05) is 12.1 Å². The van der Waals surface area contributed by atoms with Crippen LogP contribution in [0.15, 0.2) is 6.20 Å². The van der Waals surface area contributed by atoms with Crippen molar-refractivity contribution in [2.45, 2.75) is 32.5 Å². The minimum absolute atomic E-state index is 0.0186. The van der Waals surface area contributed by atoms with Crippen molar-refractivity contribution >= 4 is 5.91 Å². The molecule has 1 fully saturated rings. The number of amides is 1. The van der Waals surface area contributed by atoms with E-state index in [-0.39, 0.29) is 18.5 Å². The van der Waals surface area contributed by atoms with Crippen molar-refractivity contribution in [1.29, 1.82) is 0 Å². The van der Waals surface area contributed by atoms with Gasteiger partial charge in [-0.3, -0.25) is 4.79 Å². The highest BCUT2D eigenvalue weighted by atomic mass is 16.2. The molecule has 0 aliphatic carbocycles. The Balaban J connectivity index is 1.84. The van der Waals surface area contributed by atoms with E-state index in [4.69, 9.17) is 5.73 Å². The van der Waals surface area contributed by atoms with Crippen LogP contribution in [0.1, 0.15) is 19.0 Å². The van der Waals surface area contributed by atoms with Gasteiger partial charge in [0.1, 0.15) is 6.54 Å². The van der Waals surface area contributed by atoms with Crippen molar-refractivity contribution < 1.29 is 4.79 Å². The average Bonchev–Trinajstić information content (AvgIpc) is 2.80. The van der Waals surface area contributed by atoms with E-state index in [2.05, 4.69) is 34.5 Å². The van der Waals surface area contributed by atoms with E-state index in [0.29, 0.717) is 18.2 Å². The number of nitrogens with zero attached hydrogens (tertiary/aromatic N) is 4. The van der Waals surface area contributed by atoms with Gasteiger partial charge >= 0.3 is 0 Å². The summed E-state index contributed by atoms with van der Waals surface area (Å²) < 4.78 is 1.52. The molecule has 2 unspecified atom stereocenters. The number of hydrogen-bond donors (Lipinski definition) is 2. The highest BCUT2D eigenvalue weighted by molar-refractivity contribution is 5.76. The van der Waals surface area contributed by atoms with E-state index in [0.717, 1.165) is 19.5 Å². The van der Waals surface area contributed by atoms with E-state index in [1.54, 1.807) is 6.20 Å². The molecular formula is C12H22N6O. The Hall–Kier alpha value is -1.47. The van der Waals surface area contributed by atoms with Gasteiger partial charge in [0, 0.05) is 19.1 Å². The molecule has 106 valence electrons. The van der Waals surface area contributed by atoms with Crippen LogP contribution in [0.3, 0.4) is 0 Å². The summed E-state index contributed by atoms with van der Waals surface area (Å²) >= 11 is 0. The predicted molar refractivity (Wildman–Crippen MR) is 71.1 cm³/mol. The molecule has 0 saturated carbocycles. The first-order valence-corrected chi connectivity index (χ1v) is 6.65. The number of aromatic nitrogens is 3. The summed E-state index contributed by atoms with van der Waals surface area (Å²) in [6.07, 6.45) is 2.70. The molecule has 0 aromatic carbocycles. The molecule has 1 amide bonds. The maximum Gasteiger partial charge on any atom is 0.242 e. The van der Waals surface area contributed by atoms with Crippen LogP contribution >= 0.6 is 0 Å². The van der Waals surface area contributed by atoms with Gasteiger partial charge in [-0.05, 0) is 25.9 Å². The molecule has 7 nitrogen and oxygen atoms in total. The zero-order valence-electron chi connectivity index (χ0n) is 11.5. The molecule has 1 aliphatic rings. The van der Waals surface area contributed by atoms with E-state index >= 15 is 0 Å². The largest absolute Gasteiger partial charge is 0.351 e. The molecule has 7 heteroatoms. The van der Waals surface area contributed by atoms with Gasteiger partial charge in [0.05, 0.1) is 11.9 Å². The maximum absolute atomic E-state index is 12.0. The van der Waals surface area contributed by atoms with Crippen LogP contribution in [0.25, 0.3) is 0 Å². The van der Waals surface area contributed by atoms with Gasteiger partial charge in [-0.2, -0.15) is 0 Å². The fourth-order valence-electron chi connectivity index (χ4n) is 2.48. The van der Waals surface area contributed by atoms with Crippen molar-refractivity contribution in [3.8, 4) is 0 Å². The molecule has 1 aromatic rings. The number of nitrogens with one attached hydrogen (secondary N) is 1. The Morgan fingerprint density at radius 2 is 2.42 bits per heavy atom. The van der Waals surface area contributed by atoms with Crippen molar-refractivity contribution in [3.63, 3.8) is 0 Å². The summed E-state index contributed by atoms with van der Waals surface area (Å²) in [6.45, 7) is 4.75. The number of hydrogen-bond acceptors (Lipinski definition) is 5. The lowest BCUT2D eigenvalue weighted by Gasteiger charge is -2.35. The molecule has 1 aliphatic heterocycles. The second-order valence-electron chi connectivity index (χ2n) is 5.31. The Bertz CT molecular complexity index is 432. The Kier molecular flexibility index (Phi) is 4.49. The number of piperidine rings is 1. The smallest absolute Gasteiger partial charge is 0.242 e. The fourth-order valence-corrected chi connectivity index (χ4v) is 2.48. The van der Waals surface area contributed by atoms with Crippen LogP contribution in [0.4, 0.5) is 0 Å². The fraction of sp³-hybridized carbons (Fsp3) is 0.750. The van der Waals surface area contributed by atoms with E-state index in [1.807, 2.05) is 0 Å². The number of likely N-dealkylation sites (tertiary alicyclic amines) is 1. The SMILES string of the molecule is CC1CN(C)CCC1NC(=O)Cn1cc(CN)nn1. The standard InChI is InChI=1S/C12H22N6O/c1-9-6-17(2)4-3-11(9)14-12(19)8-18-7-10(5-13)15-16-18/h7,9,11H,3-6,8,13H2,1-2H3,(H,14,19). The third-order valence-corrected chi connectivity index (χ3v) is 3.56. The lowest BCUT2D eigenvalue weighted by atomic mass is 9.94. The lowest BCUT2D eigenvalue weighted by molar-refractivity contribution is -0.123. The first-order valence-electron chi connectivity index (χ1n) is 6.65. The highest BCUT2D eigenvalue weighted by Gasteiger charge is 2.25. The molecular weight excluding hydrogens is 244 g/mol. The zero-order valence-corrected chi connectivity index (χ0v) is 11.5. The minimum Gasteiger partial charge on any atom is -0.351 e. The Labute approximate surface area is 113 Å². The molecule has 0 bridgehead atoms. The molecule has 1 aromatic heterocycles. The molecule has 2 atom stereocenters. The summed E-state index contributed by atoms with van der Waals surface area (Å²) in [5.74, 6) is 0.452. The summed E-state index contributed by atoms with van der Waals surface area (Å²) in [5, 5.41) is 10.8. The van der Waals surface area contributed by atoms with Crippen LogP contribution in [0.5, 0.6) is 0 Å². The van der Waals surface area contributed by atoms with E-state index in [1.165, 1.54) is 4.68 Å². The van der Waals surface area contributed by atoms with Gasteiger partial charge in [0.2, 0.25) is 5.91 Å². The number of carbonyl (C=O) groups is 1. The third kappa shape index (κ3) is 3.74. The van der Waals surface area contributed by atoms with Crippen LogP contribution in [0, 0.1) is 5.92 Å². The maximum atomic E-state index is 12.0. The predicted octanol–water partition coefficient (Wildman–Crippen LogP) is -0.807. The Morgan fingerprint density at radius 3 is 3.05 bits per heavy atom. The van der Waals surface area contributed by atoms with Crippen molar-refractivity contribution in [2.24, 2.45) is 11.7 Å². The summed E-state index contributed by atoms with van der Waals surface area (Å²) in [4.78, 5) is 14.3. The quantitative estimate of drug-likeness (QED) is 0.744. The first-order chi connectivity index (χ1) is 9.08. The normalized spacial score (nSPS) is 24.4. The topological polar surface area (TPSA) is 89.1 Å². The molecule has 1 saturated heterocycles. The lowest BCUT2D eigenvalue weighted by Crippen LogP contribution is -2.49. The second-order valence-corrected chi connectivity index (χ2v) is 5.31. The summed E-state index contributed by atoms with van der Waals surface area (Å²) in [6, 6.07) is 0.251. The first kappa shape index (κ1) is 14.0. The van der Waals surface area contributed by atoms with Gasteiger partial charge in [-0.15, -0.1) is 5.10 Å². The van der Waals surface area contributed by atoms with Crippen LogP contribution < -0.4 is 11.1 Å².